The molecule has 0 saturated heterocycles. The summed E-state index contributed by atoms with van der Waals surface area (Å²) in [6.45, 7) is 4.16. The zero-order chi connectivity index (χ0) is 27.6. The minimum atomic E-state index is -0.273. The van der Waals surface area contributed by atoms with E-state index in [1.807, 2.05) is 31.2 Å². The van der Waals surface area contributed by atoms with E-state index in [0.717, 1.165) is 63.9 Å². The molecule has 1 saturated carbocycles. The highest BCUT2D eigenvalue weighted by Gasteiger charge is 2.32. The number of aryl methyl sites for hydroxylation is 1. The molecule has 1 unspecified atom stereocenters. The largest absolute Gasteiger partial charge is 0.377 e. The molecule has 0 amide bonds. The molecule has 2 heterocycles. The third-order valence-electron chi connectivity index (χ3n) is 7.58. The molecule has 2 atom stereocenters. The quantitative estimate of drug-likeness (QED) is 0.193. The number of hydrogen-bond donors (Lipinski definition) is 4. The van der Waals surface area contributed by atoms with Gasteiger partial charge in [0.25, 0.3) is 0 Å². The monoisotopic (exact) mass is 533 g/mol. The van der Waals surface area contributed by atoms with Crippen LogP contribution in [0.25, 0.3) is 10.9 Å². The second-order valence-corrected chi connectivity index (χ2v) is 10.5. The number of nitrogens with one attached hydrogen (secondary N) is 4. The van der Waals surface area contributed by atoms with Gasteiger partial charge in [0.2, 0.25) is 0 Å². The van der Waals surface area contributed by atoms with Crippen molar-refractivity contribution >= 4 is 22.3 Å². The Labute approximate surface area is 233 Å². The van der Waals surface area contributed by atoms with Crippen molar-refractivity contribution in [3.05, 3.63) is 113 Å². The van der Waals surface area contributed by atoms with Gasteiger partial charge >= 0.3 is 0 Å². The molecule has 40 heavy (non-hydrogen) atoms. The fraction of sp³-hybridized carbons (Fsp3) is 0.250. The van der Waals surface area contributed by atoms with Crippen LogP contribution < -0.4 is 21.6 Å². The maximum Gasteiger partial charge on any atom is 0.123 e. The summed E-state index contributed by atoms with van der Waals surface area (Å²) in [7, 11) is 0. The molecule has 4 aromatic rings. The summed E-state index contributed by atoms with van der Waals surface area (Å²) in [6, 6.07) is 23.6. The van der Waals surface area contributed by atoms with Crippen LogP contribution in [0.2, 0.25) is 0 Å². The standard InChI is InChI=1S/C32H32FN7/c1-3-28(21-7-5-4-6-8-21)37-31-23(17-34)18-35-30-20(2)15-25(16-27(30)31)36-32(22-9-11-24(33)12-10-22)29-19-40(39-38-29)26-13-14-26/h4-12,15-16,18-19,26,28,32,36,38-39H,3,13-14H2,1-2H3,(H,35,37)/t28-,32?/m1/s1. The SMILES string of the molecule is CC[C@@H](Nc1c(C#N)cnc2c(C)cc(NC(C3=CN(C4CC4)NN3)c3ccc(F)cc3)cc12)c1ccccc1. The zero-order valence-electron chi connectivity index (χ0n) is 22.6. The van der Waals surface area contributed by atoms with Crippen molar-refractivity contribution in [1.82, 2.24) is 21.0 Å². The lowest BCUT2D eigenvalue weighted by Gasteiger charge is -2.24. The third-order valence-corrected chi connectivity index (χ3v) is 7.58. The van der Waals surface area contributed by atoms with Gasteiger partial charge in [-0.05, 0) is 67.1 Å². The summed E-state index contributed by atoms with van der Waals surface area (Å²) >= 11 is 0. The van der Waals surface area contributed by atoms with Crippen LogP contribution in [-0.4, -0.2) is 16.0 Å². The molecule has 1 aromatic heterocycles. The van der Waals surface area contributed by atoms with Crippen LogP contribution in [0.1, 0.15) is 60.5 Å². The van der Waals surface area contributed by atoms with Gasteiger partial charge in [-0.3, -0.25) is 9.99 Å². The predicted molar refractivity (Wildman–Crippen MR) is 156 cm³/mol. The van der Waals surface area contributed by atoms with E-state index in [2.05, 4.69) is 69.0 Å². The van der Waals surface area contributed by atoms with Gasteiger partial charge < -0.3 is 16.1 Å². The molecule has 1 aliphatic heterocycles. The lowest BCUT2D eigenvalue weighted by molar-refractivity contribution is 0.260. The summed E-state index contributed by atoms with van der Waals surface area (Å²) in [5.74, 6) is -0.273. The molecule has 6 rings (SSSR count). The number of halogens is 1. The number of anilines is 2. The molecular formula is C32H32FN7. The molecule has 1 fully saturated rings. The highest BCUT2D eigenvalue weighted by Crippen LogP contribution is 2.36. The van der Waals surface area contributed by atoms with Gasteiger partial charge in [0.15, 0.2) is 0 Å². The number of hydrazine groups is 2. The summed E-state index contributed by atoms with van der Waals surface area (Å²) in [5, 5.41) is 20.3. The van der Waals surface area contributed by atoms with E-state index in [9.17, 15) is 9.65 Å². The van der Waals surface area contributed by atoms with Gasteiger partial charge in [0, 0.05) is 29.5 Å². The Bertz CT molecular complexity index is 1590. The van der Waals surface area contributed by atoms with Crippen molar-refractivity contribution in [1.29, 1.82) is 5.26 Å². The van der Waals surface area contributed by atoms with Crippen LogP contribution in [0.3, 0.4) is 0 Å². The minimum Gasteiger partial charge on any atom is -0.377 e. The van der Waals surface area contributed by atoms with E-state index in [0.29, 0.717) is 11.6 Å². The number of nitrogens with zero attached hydrogens (tertiary/aromatic N) is 3. The Morgan fingerprint density at radius 3 is 2.55 bits per heavy atom. The van der Waals surface area contributed by atoms with Gasteiger partial charge in [-0.15, -0.1) is 5.53 Å². The topological polar surface area (TPSA) is 88.0 Å². The third kappa shape index (κ3) is 5.16. The zero-order valence-corrected chi connectivity index (χ0v) is 22.6. The predicted octanol–water partition coefficient (Wildman–Crippen LogP) is 6.60. The molecular weight excluding hydrogens is 501 g/mol. The van der Waals surface area contributed by atoms with Crippen molar-refractivity contribution in [3.63, 3.8) is 0 Å². The van der Waals surface area contributed by atoms with E-state index in [1.54, 1.807) is 18.3 Å². The van der Waals surface area contributed by atoms with E-state index < -0.39 is 0 Å². The second-order valence-electron chi connectivity index (χ2n) is 10.5. The van der Waals surface area contributed by atoms with Crippen molar-refractivity contribution in [3.8, 4) is 6.07 Å². The fourth-order valence-electron chi connectivity index (χ4n) is 5.29. The highest BCUT2D eigenvalue weighted by molar-refractivity contribution is 5.98. The molecule has 4 N–H and O–H groups in total. The first-order chi connectivity index (χ1) is 19.5. The molecule has 0 bridgehead atoms. The Balaban J connectivity index is 1.41. The Kier molecular flexibility index (Phi) is 6.97. The van der Waals surface area contributed by atoms with Crippen molar-refractivity contribution in [2.75, 3.05) is 10.6 Å². The first-order valence-electron chi connectivity index (χ1n) is 13.7. The van der Waals surface area contributed by atoms with Crippen molar-refractivity contribution in [2.24, 2.45) is 0 Å². The maximum atomic E-state index is 13.8. The number of benzene rings is 3. The number of fused-ring (bicyclic) bond motifs is 1. The number of hydrogen-bond acceptors (Lipinski definition) is 7. The molecule has 8 heteroatoms. The first-order valence-corrected chi connectivity index (χ1v) is 13.7. The summed E-state index contributed by atoms with van der Waals surface area (Å²) < 4.78 is 13.8. The van der Waals surface area contributed by atoms with Crippen LogP contribution >= 0.6 is 0 Å². The van der Waals surface area contributed by atoms with Crippen molar-refractivity contribution < 1.29 is 4.39 Å². The smallest absolute Gasteiger partial charge is 0.123 e. The van der Waals surface area contributed by atoms with Crippen LogP contribution in [0.15, 0.2) is 84.8 Å². The van der Waals surface area contributed by atoms with Crippen LogP contribution in [0.4, 0.5) is 15.8 Å². The van der Waals surface area contributed by atoms with E-state index in [1.165, 1.54) is 12.1 Å². The van der Waals surface area contributed by atoms with Crippen LogP contribution in [0.5, 0.6) is 0 Å². The molecule has 3 aromatic carbocycles. The first kappa shape index (κ1) is 25.7. The molecule has 1 aliphatic carbocycles. The summed E-state index contributed by atoms with van der Waals surface area (Å²) in [4.78, 5) is 4.65. The summed E-state index contributed by atoms with van der Waals surface area (Å²) in [5.41, 5.74) is 13.6. The summed E-state index contributed by atoms with van der Waals surface area (Å²) in [6.07, 6.45) is 6.90. The van der Waals surface area contributed by atoms with Gasteiger partial charge in [-0.25, -0.2) is 4.39 Å². The molecule has 2 aliphatic rings. The van der Waals surface area contributed by atoms with Gasteiger partial charge in [-0.2, -0.15) is 5.26 Å². The normalized spacial score (nSPS) is 16.1. The van der Waals surface area contributed by atoms with Gasteiger partial charge in [-0.1, -0.05) is 49.4 Å². The highest BCUT2D eigenvalue weighted by atomic mass is 19.1. The Morgan fingerprint density at radius 1 is 1.07 bits per heavy atom. The number of rotatable bonds is 9. The maximum absolute atomic E-state index is 13.8. The van der Waals surface area contributed by atoms with E-state index in [-0.39, 0.29) is 17.9 Å². The molecule has 0 radical (unpaired) electrons. The molecule has 202 valence electrons. The number of aromatic nitrogens is 1. The average Bonchev–Trinajstić information content (AvgIpc) is 3.72. The van der Waals surface area contributed by atoms with Crippen LogP contribution in [0, 0.1) is 24.1 Å². The number of nitriles is 1. The lowest BCUT2D eigenvalue weighted by Crippen LogP contribution is -2.38. The van der Waals surface area contributed by atoms with Crippen molar-refractivity contribution in [2.45, 2.75) is 51.2 Å². The fourth-order valence-corrected chi connectivity index (χ4v) is 5.29. The Hall–Kier alpha value is -4.61. The Morgan fingerprint density at radius 2 is 1.85 bits per heavy atom. The van der Waals surface area contributed by atoms with Gasteiger partial charge in [0.05, 0.1) is 34.5 Å². The second kappa shape index (κ2) is 10.9. The number of pyridine rings is 1. The molecule has 7 nitrogen and oxygen atoms in total. The van der Waals surface area contributed by atoms with Gasteiger partial charge in [0.1, 0.15) is 11.9 Å². The van der Waals surface area contributed by atoms with Crippen LogP contribution in [-0.2, 0) is 0 Å². The molecule has 0 spiro atoms. The average molecular weight is 534 g/mol. The minimum absolute atomic E-state index is 0.0371. The lowest BCUT2D eigenvalue weighted by atomic mass is 10.00. The van der Waals surface area contributed by atoms with E-state index in [4.69, 9.17) is 0 Å². The van der Waals surface area contributed by atoms with E-state index >= 15 is 0 Å².